The molecule has 2 aromatic rings. The number of nitrogens with zero attached hydrogens (tertiary/aromatic N) is 2. The fraction of sp³-hybridized carbons (Fsp3) is 0.548. The van der Waals surface area contributed by atoms with Gasteiger partial charge in [0.05, 0.1) is 27.8 Å². The van der Waals surface area contributed by atoms with Crippen LogP contribution in [0.25, 0.3) is 0 Å². The summed E-state index contributed by atoms with van der Waals surface area (Å²) in [5.41, 5.74) is 4.51. The van der Waals surface area contributed by atoms with E-state index in [0.29, 0.717) is 24.4 Å². The first kappa shape index (κ1) is 34.5. The molecule has 51 heavy (non-hydrogen) atoms. The number of likely N-dealkylation sites (N-methyl/N-ethyl adjacent to an activating group) is 2. The SMILES string of the molecule is C.C=C(C)OC1=CC[C@@]2(O)[C@H]3Cc4ccc(C)c5c4[C@@]2(CCN3C)C1O5.CC(=O)OC1=CCC2(O)C3Cc4ccc(C)c5c4C2(CCN3C)C1O5. The number of ether oxygens (including phenoxy) is 4. The second-order valence-corrected chi connectivity index (χ2v) is 16.2. The molecule has 8 aliphatic rings. The Hall–Kier alpha value is -3.63. The highest BCUT2D eigenvalue weighted by molar-refractivity contribution is 5.69. The Morgan fingerprint density at radius 3 is 1.63 bits per heavy atom. The first-order valence-corrected chi connectivity index (χ1v) is 18.1. The first-order valence-electron chi connectivity index (χ1n) is 18.1. The van der Waals surface area contributed by atoms with E-state index < -0.39 is 28.1 Å². The zero-order valence-electron chi connectivity index (χ0n) is 30.0. The summed E-state index contributed by atoms with van der Waals surface area (Å²) >= 11 is 0. The number of allylic oxidation sites excluding steroid dienone is 1. The normalized spacial score (nSPS) is 37.1. The molecule has 2 saturated heterocycles. The maximum Gasteiger partial charge on any atom is 0.307 e. The molecule has 0 aromatic heterocycles. The zero-order chi connectivity index (χ0) is 35.1. The number of aliphatic hydroxyl groups is 2. The maximum atomic E-state index is 12.0. The number of hydrogen-bond acceptors (Lipinski definition) is 9. The molecule has 4 heterocycles. The van der Waals surface area contributed by atoms with Gasteiger partial charge in [0, 0.05) is 43.0 Å². The van der Waals surface area contributed by atoms with Crippen LogP contribution in [0.15, 0.2) is 60.3 Å². The first-order chi connectivity index (χ1) is 23.8. The number of hydrogen-bond donors (Lipinski definition) is 2. The number of carbonyl (C=O) groups is 1. The molecular weight excluding hydrogens is 644 g/mol. The molecule has 5 unspecified atom stereocenters. The molecule has 8 atom stereocenters. The summed E-state index contributed by atoms with van der Waals surface area (Å²) in [5, 5.41) is 23.9. The summed E-state index contributed by atoms with van der Waals surface area (Å²) in [6.07, 6.45) is 7.64. The predicted octanol–water partition coefficient (Wildman–Crippen LogP) is 5.29. The van der Waals surface area contributed by atoms with Crippen LogP contribution in [-0.2, 0) is 37.9 Å². The molecule has 10 rings (SSSR count). The van der Waals surface area contributed by atoms with Gasteiger partial charge in [-0.15, -0.1) is 0 Å². The van der Waals surface area contributed by atoms with Gasteiger partial charge in [0.2, 0.25) is 0 Å². The third kappa shape index (κ3) is 4.15. The van der Waals surface area contributed by atoms with E-state index in [2.05, 4.69) is 61.7 Å². The molecule has 2 aromatic carbocycles. The molecule has 4 bridgehead atoms. The Bertz CT molecular complexity index is 1800. The Morgan fingerprint density at radius 2 is 1.22 bits per heavy atom. The smallest absolute Gasteiger partial charge is 0.307 e. The number of esters is 1. The quantitative estimate of drug-likeness (QED) is 0.328. The summed E-state index contributed by atoms with van der Waals surface area (Å²) in [7, 11) is 4.22. The highest BCUT2D eigenvalue weighted by atomic mass is 16.6. The molecule has 2 spiro atoms. The van der Waals surface area contributed by atoms with Crippen molar-refractivity contribution in [3.8, 4) is 11.5 Å². The summed E-state index contributed by atoms with van der Waals surface area (Å²) in [4.78, 5) is 16.2. The van der Waals surface area contributed by atoms with E-state index in [4.69, 9.17) is 18.9 Å². The molecule has 272 valence electrons. The average Bonchev–Trinajstić information content (AvgIpc) is 3.61. The maximum absolute atomic E-state index is 12.0. The molecular formula is C42H52N2O7. The molecule has 4 aliphatic heterocycles. The Balaban J connectivity index is 0.000000144. The van der Waals surface area contributed by atoms with E-state index in [9.17, 15) is 15.0 Å². The van der Waals surface area contributed by atoms with Crippen LogP contribution in [0.4, 0.5) is 0 Å². The van der Waals surface area contributed by atoms with Gasteiger partial charge in [-0.1, -0.05) is 38.3 Å². The summed E-state index contributed by atoms with van der Waals surface area (Å²) in [6.45, 7) is 13.2. The number of benzene rings is 2. The van der Waals surface area contributed by atoms with Gasteiger partial charge in [-0.25, -0.2) is 0 Å². The minimum absolute atomic E-state index is 0. The lowest BCUT2D eigenvalue weighted by Crippen LogP contribution is -2.74. The fourth-order valence-electron chi connectivity index (χ4n) is 11.5. The highest BCUT2D eigenvalue weighted by Gasteiger charge is 2.73. The number of likely N-dealkylation sites (tertiary alicyclic amines) is 2. The topological polar surface area (TPSA) is 101 Å². The van der Waals surface area contributed by atoms with Crippen LogP contribution in [0.5, 0.6) is 11.5 Å². The van der Waals surface area contributed by atoms with Crippen LogP contribution < -0.4 is 9.47 Å². The Kier molecular flexibility index (Phi) is 7.56. The minimum atomic E-state index is -0.902. The van der Waals surface area contributed by atoms with Gasteiger partial charge < -0.3 is 39.0 Å². The molecule has 4 aliphatic carbocycles. The molecule has 2 N–H and O–H groups in total. The van der Waals surface area contributed by atoms with Gasteiger partial charge in [0.25, 0.3) is 0 Å². The van der Waals surface area contributed by atoms with Crippen LogP contribution in [0.3, 0.4) is 0 Å². The molecule has 9 nitrogen and oxygen atoms in total. The third-order valence-corrected chi connectivity index (χ3v) is 13.7. The van der Waals surface area contributed by atoms with Crippen molar-refractivity contribution < 1.29 is 34.0 Å². The van der Waals surface area contributed by atoms with Crippen molar-refractivity contribution in [1.29, 1.82) is 0 Å². The van der Waals surface area contributed by atoms with Gasteiger partial charge in [0.1, 0.15) is 23.0 Å². The molecule has 2 fully saturated rings. The van der Waals surface area contributed by atoms with Crippen molar-refractivity contribution in [3.63, 3.8) is 0 Å². The zero-order valence-corrected chi connectivity index (χ0v) is 30.0. The van der Waals surface area contributed by atoms with Crippen LogP contribution in [0.1, 0.15) is 80.3 Å². The van der Waals surface area contributed by atoms with Crippen LogP contribution in [0.2, 0.25) is 0 Å². The van der Waals surface area contributed by atoms with Gasteiger partial charge in [-0.2, -0.15) is 0 Å². The van der Waals surface area contributed by atoms with E-state index >= 15 is 0 Å². The Labute approximate surface area is 301 Å². The lowest BCUT2D eigenvalue weighted by Gasteiger charge is -2.61. The van der Waals surface area contributed by atoms with Gasteiger partial charge in [-0.3, -0.25) is 4.79 Å². The van der Waals surface area contributed by atoms with E-state index in [-0.39, 0.29) is 31.6 Å². The molecule has 0 saturated carbocycles. The van der Waals surface area contributed by atoms with Crippen molar-refractivity contribution in [2.24, 2.45) is 0 Å². The van der Waals surface area contributed by atoms with Crippen molar-refractivity contribution in [2.45, 2.75) is 120 Å². The summed E-state index contributed by atoms with van der Waals surface area (Å²) in [5.74, 6) is 3.52. The second-order valence-electron chi connectivity index (χ2n) is 16.2. The Morgan fingerprint density at radius 1 is 0.784 bits per heavy atom. The molecule has 0 radical (unpaired) electrons. The van der Waals surface area contributed by atoms with E-state index in [1.54, 1.807) is 0 Å². The van der Waals surface area contributed by atoms with Crippen molar-refractivity contribution in [1.82, 2.24) is 9.80 Å². The van der Waals surface area contributed by atoms with Crippen molar-refractivity contribution in [3.05, 3.63) is 93.7 Å². The minimum Gasteiger partial charge on any atom is -0.481 e. The lowest BCUT2D eigenvalue weighted by atomic mass is 9.50. The standard InChI is InChI=1S/C21H25NO3.C20H23NO4.CH4/c1-12(2)24-15-7-8-21(23)16-11-14-6-5-13(3)18-17(14)20(21,19(15)25-18)9-10-22(16)4;1-11-4-5-13-10-15-20(23)7-6-14(24-12(2)22)18-19(20,8-9-21(15)3)16(13)17(11)25-18;/h5-7,16,19,23H,1,8-11H2,2-4H3;4-6,15,18,23H,7-10H2,1-3H3;1H4/t16-,19?,20+,21-;;/m1../s1. The third-order valence-electron chi connectivity index (χ3n) is 13.7. The fourth-order valence-corrected chi connectivity index (χ4v) is 11.5. The average molecular weight is 697 g/mol. The predicted molar refractivity (Wildman–Crippen MR) is 194 cm³/mol. The highest BCUT2D eigenvalue weighted by Crippen LogP contribution is 2.66. The van der Waals surface area contributed by atoms with E-state index in [0.717, 1.165) is 72.7 Å². The monoisotopic (exact) mass is 696 g/mol. The number of aryl methyl sites for hydroxylation is 2. The van der Waals surface area contributed by atoms with Gasteiger partial charge in [-0.05, 0) is 108 Å². The van der Waals surface area contributed by atoms with Crippen LogP contribution >= 0.6 is 0 Å². The molecule has 9 heteroatoms. The van der Waals surface area contributed by atoms with E-state index in [1.807, 2.05) is 26.0 Å². The van der Waals surface area contributed by atoms with Crippen molar-refractivity contribution >= 4 is 5.97 Å². The molecule has 0 amide bonds. The largest absolute Gasteiger partial charge is 0.481 e. The summed E-state index contributed by atoms with van der Waals surface area (Å²) < 4.78 is 24.4. The van der Waals surface area contributed by atoms with E-state index in [1.165, 1.54) is 23.6 Å². The van der Waals surface area contributed by atoms with Crippen LogP contribution in [-0.4, -0.2) is 88.7 Å². The number of carbonyl (C=O) groups excluding carboxylic acids is 1. The van der Waals surface area contributed by atoms with Crippen LogP contribution in [0, 0.1) is 13.8 Å². The number of rotatable bonds is 3. The van der Waals surface area contributed by atoms with Crippen molar-refractivity contribution in [2.75, 3.05) is 27.2 Å². The number of piperidine rings is 2. The van der Waals surface area contributed by atoms with Gasteiger partial charge in [0.15, 0.2) is 12.2 Å². The van der Waals surface area contributed by atoms with Gasteiger partial charge >= 0.3 is 5.97 Å². The summed E-state index contributed by atoms with van der Waals surface area (Å²) in [6, 6.07) is 8.80. The lowest BCUT2D eigenvalue weighted by molar-refractivity contribution is -0.168. The second kappa shape index (κ2) is 11.2.